The van der Waals surface area contributed by atoms with E-state index in [0.29, 0.717) is 42.4 Å². The van der Waals surface area contributed by atoms with Gasteiger partial charge in [-0.15, -0.1) is 0 Å². The van der Waals surface area contributed by atoms with Gasteiger partial charge in [-0.3, -0.25) is 0 Å². The Kier molecular flexibility index (Phi) is 5.40. The van der Waals surface area contributed by atoms with Crippen LogP contribution in [0.5, 0.6) is 11.5 Å². The zero-order chi connectivity index (χ0) is 22.0. The molecule has 31 heavy (non-hydrogen) atoms. The van der Waals surface area contributed by atoms with Crippen molar-refractivity contribution in [2.45, 2.75) is 12.7 Å². The highest BCUT2D eigenvalue weighted by Crippen LogP contribution is 2.30. The van der Waals surface area contributed by atoms with Crippen LogP contribution >= 0.6 is 0 Å². The van der Waals surface area contributed by atoms with Crippen LogP contribution < -0.4 is 14.8 Å². The summed E-state index contributed by atoms with van der Waals surface area (Å²) in [4.78, 5) is 17.6. The number of nitrogens with zero attached hydrogens (tertiary/aromatic N) is 3. The standard InChI is InChI=1S/C20H17F3N4O4/c1-29-15-7-4-13-11-27(8-9-30-16(13)10-15)19(28)24-14-5-2-12(3-6-14)17-25-18(31-26-17)20(21,22)23/h2-7,10H,8-9,11H2,1H3,(H,24,28). The smallest absolute Gasteiger partial charge is 0.471 e. The maximum atomic E-state index is 12.7. The van der Waals surface area contributed by atoms with Crippen LogP contribution in [0, 0.1) is 0 Å². The average Bonchev–Trinajstić information content (AvgIpc) is 3.16. The molecular formula is C20H17F3N4O4. The maximum absolute atomic E-state index is 12.7. The van der Waals surface area contributed by atoms with Crippen molar-refractivity contribution in [3.05, 3.63) is 53.9 Å². The topological polar surface area (TPSA) is 89.7 Å². The first-order chi connectivity index (χ1) is 14.8. The number of carbonyl (C=O) groups excluding carboxylic acids is 1. The van der Waals surface area contributed by atoms with Crippen LogP contribution in [-0.4, -0.2) is 41.3 Å². The van der Waals surface area contributed by atoms with Gasteiger partial charge in [0, 0.05) is 22.9 Å². The van der Waals surface area contributed by atoms with Crippen molar-refractivity contribution in [3.63, 3.8) is 0 Å². The molecular weight excluding hydrogens is 417 g/mol. The zero-order valence-electron chi connectivity index (χ0n) is 16.3. The summed E-state index contributed by atoms with van der Waals surface area (Å²) < 4.78 is 52.9. The highest BCUT2D eigenvalue weighted by Gasteiger charge is 2.38. The first-order valence-electron chi connectivity index (χ1n) is 9.20. The van der Waals surface area contributed by atoms with Crippen molar-refractivity contribution in [3.8, 4) is 22.9 Å². The molecule has 0 atom stereocenters. The molecule has 8 nitrogen and oxygen atoms in total. The summed E-state index contributed by atoms with van der Waals surface area (Å²) in [6.45, 7) is 1.06. The van der Waals surface area contributed by atoms with Gasteiger partial charge in [-0.2, -0.15) is 18.2 Å². The highest BCUT2D eigenvalue weighted by molar-refractivity contribution is 5.89. The van der Waals surface area contributed by atoms with Crippen LogP contribution in [-0.2, 0) is 12.7 Å². The Morgan fingerprint density at radius 3 is 2.65 bits per heavy atom. The Hall–Kier alpha value is -3.76. The number of fused-ring (bicyclic) bond motifs is 1. The Labute approximate surface area is 174 Å². The molecule has 2 amide bonds. The number of rotatable bonds is 3. The number of halogens is 3. The SMILES string of the molecule is COc1ccc2c(c1)OCCN(C(=O)Nc1ccc(-c3noc(C(F)(F)F)n3)cc1)C2. The fourth-order valence-corrected chi connectivity index (χ4v) is 3.01. The van der Waals surface area contributed by atoms with Gasteiger partial charge in [0.25, 0.3) is 0 Å². The summed E-state index contributed by atoms with van der Waals surface area (Å²) in [5.41, 5.74) is 1.64. The lowest BCUT2D eigenvalue weighted by atomic mass is 10.2. The van der Waals surface area contributed by atoms with E-state index < -0.39 is 12.1 Å². The second kappa shape index (κ2) is 8.17. The van der Waals surface area contributed by atoms with Crippen LogP contribution in [0.4, 0.5) is 23.7 Å². The molecule has 0 fully saturated rings. The first-order valence-corrected chi connectivity index (χ1v) is 9.20. The van der Waals surface area contributed by atoms with E-state index in [-0.39, 0.29) is 11.9 Å². The van der Waals surface area contributed by atoms with Gasteiger partial charge < -0.3 is 24.2 Å². The first kappa shape index (κ1) is 20.5. The van der Waals surface area contributed by atoms with Crippen molar-refractivity contribution >= 4 is 11.7 Å². The monoisotopic (exact) mass is 434 g/mol. The summed E-state index contributed by atoms with van der Waals surface area (Å²) >= 11 is 0. The molecule has 0 bridgehead atoms. The quantitative estimate of drug-likeness (QED) is 0.665. The lowest BCUT2D eigenvalue weighted by Gasteiger charge is -2.20. The summed E-state index contributed by atoms with van der Waals surface area (Å²) in [5, 5.41) is 6.10. The molecule has 162 valence electrons. The van der Waals surface area contributed by atoms with E-state index in [1.165, 1.54) is 12.1 Å². The summed E-state index contributed by atoms with van der Waals surface area (Å²) in [7, 11) is 1.57. The molecule has 1 aliphatic heterocycles. The van der Waals surface area contributed by atoms with Gasteiger partial charge in [0.05, 0.1) is 20.2 Å². The number of urea groups is 1. The third kappa shape index (κ3) is 4.55. The van der Waals surface area contributed by atoms with Crippen molar-refractivity contribution in [2.24, 2.45) is 0 Å². The molecule has 4 rings (SSSR count). The normalized spacial score (nSPS) is 13.7. The van der Waals surface area contributed by atoms with Gasteiger partial charge in [-0.1, -0.05) is 5.16 Å². The number of amides is 2. The molecule has 3 aromatic rings. The van der Waals surface area contributed by atoms with Crippen molar-refractivity contribution < 1.29 is 32.0 Å². The Morgan fingerprint density at radius 2 is 1.97 bits per heavy atom. The van der Waals surface area contributed by atoms with Crippen LogP contribution in [0.2, 0.25) is 0 Å². The minimum Gasteiger partial charge on any atom is -0.497 e. The van der Waals surface area contributed by atoms with Crippen LogP contribution in [0.3, 0.4) is 0 Å². The fourth-order valence-electron chi connectivity index (χ4n) is 3.01. The van der Waals surface area contributed by atoms with Crippen LogP contribution in [0.1, 0.15) is 11.5 Å². The number of benzene rings is 2. The van der Waals surface area contributed by atoms with E-state index in [1.807, 2.05) is 6.07 Å². The highest BCUT2D eigenvalue weighted by atomic mass is 19.4. The largest absolute Gasteiger partial charge is 0.497 e. The number of hydrogen-bond acceptors (Lipinski definition) is 6. The predicted octanol–water partition coefficient (Wildman–Crippen LogP) is 4.19. The molecule has 2 heterocycles. The van der Waals surface area contributed by atoms with E-state index in [4.69, 9.17) is 9.47 Å². The van der Waals surface area contributed by atoms with E-state index >= 15 is 0 Å². The number of ether oxygens (including phenoxy) is 2. The van der Waals surface area contributed by atoms with E-state index in [1.54, 1.807) is 36.3 Å². The summed E-state index contributed by atoms with van der Waals surface area (Å²) in [5.74, 6) is -0.277. The average molecular weight is 434 g/mol. The molecule has 2 aromatic carbocycles. The second-order valence-corrected chi connectivity index (χ2v) is 6.67. The number of alkyl halides is 3. The Morgan fingerprint density at radius 1 is 1.19 bits per heavy atom. The Balaban J connectivity index is 1.43. The summed E-state index contributed by atoms with van der Waals surface area (Å²) in [6.07, 6.45) is -4.71. The molecule has 1 aromatic heterocycles. The summed E-state index contributed by atoms with van der Waals surface area (Å²) in [6, 6.07) is 11.2. The van der Waals surface area contributed by atoms with E-state index in [0.717, 1.165) is 5.56 Å². The van der Waals surface area contributed by atoms with Gasteiger partial charge in [-0.05, 0) is 36.4 Å². The maximum Gasteiger partial charge on any atom is 0.471 e. The number of hydrogen-bond donors (Lipinski definition) is 1. The number of aromatic nitrogens is 2. The van der Waals surface area contributed by atoms with Gasteiger partial charge in [0.1, 0.15) is 18.1 Å². The van der Waals surface area contributed by atoms with Crippen molar-refractivity contribution in [2.75, 3.05) is 25.6 Å². The molecule has 0 aliphatic carbocycles. The molecule has 1 N–H and O–H groups in total. The molecule has 0 saturated heterocycles. The minimum absolute atomic E-state index is 0.193. The minimum atomic E-state index is -4.71. The van der Waals surface area contributed by atoms with Crippen LogP contribution in [0.15, 0.2) is 47.0 Å². The van der Waals surface area contributed by atoms with Crippen molar-refractivity contribution in [1.82, 2.24) is 15.0 Å². The lowest BCUT2D eigenvalue weighted by Crippen LogP contribution is -2.36. The third-order valence-electron chi connectivity index (χ3n) is 4.60. The molecule has 0 unspecified atom stereocenters. The van der Waals surface area contributed by atoms with Gasteiger partial charge in [0.2, 0.25) is 5.82 Å². The molecule has 0 radical (unpaired) electrons. The molecule has 1 aliphatic rings. The number of carbonyl (C=O) groups is 1. The Bertz CT molecular complexity index is 1080. The predicted molar refractivity (Wildman–Crippen MR) is 103 cm³/mol. The van der Waals surface area contributed by atoms with E-state index in [9.17, 15) is 18.0 Å². The number of methoxy groups -OCH3 is 1. The third-order valence-corrected chi connectivity index (χ3v) is 4.60. The van der Waals surface area contributed by atoms with Gasteiger partial charge >= 0.3 is 18.1 Å². The lowest BCUT2D eigenvalue weighted by molar-refractivity contribution is -0.159. The number of nitrogens with one attached hydrogen (secondary N) is 1. The number of anilines is 1. The van der Waals surface area contributed by atoms with Crippen LogP contribution in [0.25, 0.3) is 11.4 Å². The van der Waals surface area contributed by atoms with Crippen molar-refractivity contribution in [1.29, 1.82) is 0 Å². The second-order valence-electron chi connectivity index (χ2n) is 6.67. The molecule has 0 saturated carbocycles. The zero-order valence-corrected chi connectivity index (χ0v) is 16.3. The molecule has 0 spiro atoms. The van der Waals surface area contributed by atoms with Gasteiger partial charge in [0.15, 0.2) is 0 Å². The molecule has 11 heteroatoms. The fraction of sp³-hybridized carbons (Fsp3) is 0.250. The van der Waals surface area contributed by atoms with Gasteiger partial charge in [-0.25, -0.2) is 4.79 Å². The van der Waals surface area contributed by atoms with E-state index in [2.05, 4.69) is 20.0 Å².